The molecular weight excluding hydrogens is 202 g/mol. The van der Waals surface area contributed by atoms with Crippen molar-refractivity contribution in [1.29, 1.82) is 0 Å². The van der Waals surface area contributed by atoms with Gasteiger partial charge in [0.25, 0.3) is 5.88 Å². The second kappa shape index (κ2) is 3.73. The van der Waals surface area contributed by atoms with E-state index in [1.165, 1.54) is 0 Å². The summed E-state index contributed by atoms with van der Waals surface area (Å²) < 4.78 is 4.64. The van der Waals surface area contributed by atoms with Crippen LogP contribution in [0.25, 0.3) is 0 Å². The molecule has 0 spiro atoms. The average Bonchev–Trinajstić information content (AvgIpc) is 2.30. The number of hydrogen-bond acceptors (Lipinski definition) is 4. The zero-order valence-electron chi connectivity index (χ0n) is 5.95. The summed E-state index contributed by atoms with van der Waals surface area (Å²) >= 11 is 9.99. The summed E-state index contributed by atoms with van der Waals surface area (Å²) in [5.41, 5.74) is 0. The predicted molar refractivity (Wildman–Crippen MR) is 46.7 cm³/mol. The highest BCUT2D eigenvalue weighted by atomic mass is 35.5. The number of halogens is 1. The van der Waals surface area contributed by atoms with Crippen LogP contribution in [0.3, 0.4) is 0 Å². The van der Waals surface area contributed by atoms with Crippen molar-refractivity contribution < 1.29 is 14.7 Å². The molecule has 0 amide bonds. The molecule has 0 fully saturated rings. The number of rotatable bonds is 3. The number of aliphatic hydroxyl groups is 1. The highest BCUT2D eigenvalue weighted by Gasteiger charge is 2.12. The molecule has 66 valence electrons. The standard InChI is InChI=1S/C6H6ClNO3S/c7-5-3(1-2-4(9)12)11-8-6(5)10/h1-2H2,(H,8,10)(H,9,12). The summed E-state index contributed by atoms with van der Waals surface area (Å²) in [4.78, 5) is 0. The maximum Gasteiger partial charge on any atom is 0.270 e. The van der Waals surface area contributed by atoms with Crippen LogP contribution in [-0.4, -0.2) is 20.4 Å². The van der Waals surface area contributed by atoms with Crippen LogP contribution in [-0.2, 0) is 6.42 Å². The quantitative estimate of drug-likeness (QED) is 0.741. The summed E-state index contributed by atoms with van der Waals surface area (Å²) in [6.45, 7) is 0. The summed E-state index contributed by atoms with van der Waals surface area (Å²) in [6.07, 6.45) is 0.603. The maximum atomic E-state index is 8.87. The van der Waals surface area contributed by atoms with E-state index in [-0.39, 0.29) is 22.4 Å². The Morgan fingerprint density at radius 1 is 1.67 bits per heavy atom. The van der Waals surface area contributed by atoms with E-state index < -0.39 is 0 Å². The van der Waals surface area contributed by atoms with Gasteiger partial charge in [-0.3, -0.25) is 0 Å². The third-order valence-electron chi connectivity index (χ3n) is 1.25. The molecule has 0 aromatic carbocycles. The van der Waals surface area contributed by atoms with Crippen LogP contribution in [0.4, 0.5) is 0 Å². The van der Waals surface area contributed by atoms with Crippen molar-refractivity contribution in [2.45, 2.75) is 12.8 Å². The molecule has 1 aromatic rings. The fourth-order valence-electron chi connectivity index (χ4n) is 0.679. The zero-order valence-corrected chi connectivity index (χ0v) is 7.52. The first-order chi connectivity index (χ1) is 5.61. The van der Waals surface area contributed by atoms with Gasteiger partial charge in [0, 0.05) is 12.8 Å². The first-order valence-corrected chi connectivity index (χ1v) is 3.94. The first kappa shape index (κ1) is 9.28. The van der Waals surface area contributed by atoms with Gasteiger partial charge in [-0.2, -0.15) is 0 Å². The van der Waals surface area contributed by atoms with Gasteiger partial charge in [-0.05, 0) is 17.4 Å². The molecule has 4 nitrogen and oxygen atoms in total. The number of hydrogen-bond donors (Lipinski definition) is 2. The molecule has 0 aliphatic carbocycles. The van der Waals surface area contributed by atoms with Crippen molar-refractivity contribution >= 4 is 28.9 Å². The van der Waals surface area contributed by atoms with E-state index in [0.717, 1.165) is 0 Å². The van der Waals surface area contributed by atoms with E-state index in [0.29, 0.717) is 12.2 Å². The molecule has 0 radical (unpaired) electrons. The summed E-state index contributed by atoms with van der Waals surface area (Å²) in [5.74, 6) is -0.0129. The van der Waals surface area contributed by atoms with Gasteiger partial charge in [-0.1, -0.05) is 11.6 Å². The third-order valence-corrected chi connectivity index (χ3v) is 1.83. The third kappa shape index (κ3) is 2.09. The second-order valence-corrected chi connectivity index (χ2v) is 2.99. The number of aryl methyl sites for hydroxylation is 1. The monoisotopic (exact) mass is 207 g/mol. The Balaban J connectivity index is 2.63. The van der Waals surface area contributed by atoms with E-state index >= 15 is 0 Å². The number of aromatic nitrogens is 1. The molecule has 0 aliphatic heterocycles. The largest absolute Gasteiger partial charge is 0.502 e. The lowest BCUT2D eigenvalue weighted by Crippen LogP contribution is -1.93. The Labute approximate surface area is 78.7 Å². The Hall–Kier alpha value is -0.810. The highest BCUT2D eigenvalue weighted by Crippen LogP contribution is 2.26. The van der Waals surface area contributed by atoms with Gasteiger partial charge in [0.2, 0.25) is 0 Å². The Kier molecular flexibility index (Phi) is 2.88. The summed E-state index contributed by atoms with van der Waals surface area (Å²) in [5, 5.41) is 20.7. The molecule has 0 aliphatic rings. The second-order valence-electron chi connectivity index (χ2n) is 2.14. The molecule has 0 unspecified atom stereocenters. The molecule has 2 N–H and O–H groups in total. The van der Waals surface area contributed by atoms with Crippen molar-refractivity contribution in [1.82, 2.24) is 5.16 Å². The number of aliphatic hydroxyl groups excluding tert-OH is 1. The fourth-order valence-corrected chi connectivity index (χ4v) is 0.945. The van der Waals surface area contributed by atoms with Gasteiger partial charge in [-0.25, -0.2) is 0 Å². The average molecular weight is 208 g/mol. The first-order valence-electron chi connectivity index (χ1n) is 3.16. The zero-order chi connectivity index (χ0) is 9.14. The Bertz CT molecular complexity index is 299. The van der Waals surface area contributed by atoms with E-state index in [4.69, 9.17) is 21.8 Å². The Morgan fingerprint density at radius 3 is 2.75 bits per heavy atom. The van der Waals surface area contributed by atoms with Crippen LogP contribution < -0.4 is 0 Å². The maximum absolute atomic E-state index is 8.87. The SMILES string of the molecule is OC(=S)CCc1onc(O)c1Cl. The lowest BCUT2D eigenvalue weighted by atomic mass is 10.2. The molecule has 1 aromatic heterocycles. The van der Waals surface area contributed by atoms with Gasteiger partial charge in [0.1, 0.15) is 5.02 Å². The van der Waals surface area contributed by atoms with Gasteiger partial charge in [0.15, 0.2) is 10.8 Å². The van der Waals surface area contributed by atoms with Crippen molar-refractivity contribution in [2.75, 3.05) is 0 Å². The predicted octanol–water partition coefficient (Wildman–Crippen LogP) is 1.85. The molecule has 12 heavy (non-hydrogen) atoms. The molecule has 0 saturated heterocycles. The summed E-state index contributed by atoms with van der Waals surface area (Å²) in [6, 6.07) is 0. The molecule has 6 heteroatoms. The van der Waals surface area contributed by atoms with Crippen molar-refractivity contribution in [3.63, 3.8) is 0 Å². The van der Waals surface area contributed by atoms with Crippen LogP contribution in [0.5, 0.6) is 5.88 Å². The smallest absolute Gasteiger partial charge is 0.270 e. The lowest BCUT2D eigenvalue weighted by molar-refractivity contribution is 0.341. The van der Waals surface area contributed by atoms with Gasteiger partial charge in [0.05, 0.1) is 0 Å². The van der Waals surface area contributed by atoms with Crippen molar-refractivity contribution in [3.8, 4) is 5.88 Å². The molecule has 0 saturated carbocycles. The summed E-state index contributed by atoms with van der Waals surface area (Å²) in [7, 11) is 0. The molecule has 1 heterocycles. The fraction of sp³-hybridized carbons (Fsp3) is 0.333. The van der Waals surface area contributed by atoms with Crippen LogP contribution in [0.2, 0.25) is 5.02 Å². The van der Waals surface area contributed by atoms with Gasteiger partial charge in [-0.15, -0.1) is 0 Å². The lowest BCUT2D eigenvalue weighted by Gasteiger charge is -1.92. The van der Waals surface area contributed by atoms with E-state index in [9.17, 15) is 0 Å². The molecule has 0 atom stereocenters. The van der Waals surface area contributed by atoms with Crippen LogP contribution in [0.1, 0.15) is 12.2 Å². The minimum Gasteiger partial charge on any atom is -0.502 e. The number of aromatic hydroxyl groups is 1. The van der Waals surface area contributed by atoms with E-state index in [1.54, 1.807) is 0 Å². The topological polar surface area (TPSA) is 66.5 Å². The number of nitrogens with zero attached hydrogens (tertiary/aromatic N) is 1. The normalized spacial score (nSPS) is 10.1. The van der Waals surface area contributed by atoms with Gasteiger partial charge < -0.3 is 14.7 Å². The van der Waals surface area contributed by atoms with E-state index in [2.05, 4.69) is 21.9 Å². The van der Waals surface area contributed by atoms with Crippen LogP contribution in [0, 0.1) is 0 Å². The van der Waals surface area contributed by atoms with Crippen LogP contribution >= 0.6 is 23.8 Å². The molecule has 1 rings (SSSR count). The van der Waals surface area contributed by atoms with Crippen molar-refractivity contribution in [2.24, 2.45) is 0 Å². The minimum absolute atomic E-state index is 0.0752. The highest BCUT2D eigenvalue weighted by molar-refractivity contribution is 7.80. The van der Waals surface area contributed by atoms with E-state index in [1.807, 2.05) is 0 Å². The van der Waals surface area contributed by atoms with Crippen molar-refractivity contribution in [3.05, 3.63) is 10.8 Å². The minimum atomic E-state index is -0.337. The van der Waals surface area contributed by atoms with Crippen LogP contribution in [0.15, 0.2) is 4.52 Å². The Morgan fingerprint density at radius 2 is 2.33 bits per heavy atom. The molecule has 0 bridgehead atoms. The number of thiocarbonyl (C=S) groups is 1. The van der Waals surface area contributed by atoms with Gasteiger partial charge >= 0.3 is 0 Å². The molecular formula is C6H6ClNO3S.